The van der Waals surface area contributed by atoms with E-state index in [0.29, 0.717) is 6.54 Å². The number of likely N-dealkylation sites (N-methyl/N-ethyl adjacent to an activating group) is 1. The highest BCUT2D eigenvalue weighted by atomic mass is 16.7. The Bertz CT molecular complexity index is 815. The van der Waals surface area contributed by atoms with Crippen molar-refractivity contribution in [1.29, 1.82) is 0 Å². The number of hydrogen-bond acceptors (Lipinski definition) is 5. The van der Waals surface area contributed by atoms with Gasteiger partial charge in [-0.3, -0.25) is 9.69 Å². The Morgan fingerprint density at radius 3 is 2.92 bits per heavy atom. The van der Waals surface area contributed by atoms with E-state index in [1.807, 2.05) is 29.8 Å². The molecule has 0 bridgehead atoms. The van der Waals surface area contributed by atoms with Crippen LogP contribution < -0.4 is 9.47 Å². The molecule has 0 aliphatic carbocycles. The molecule has 7 nitrogen and oxygen atoms in total. The van der Waals surface area contributed by atoms with Gasteiger partial charge in [-0.15, -0.1) is 0 Å². The van der Waals surface area contributed by atoms with Crippen LogP contribution in [0.1, 0.15) is 22.9 Å². The molecule has 0 fully saturated rings. The van der Waals surface area contributed by atoms with Crippen molar-refractivity contribution in [2.45, 2.75) is 19.0 Å². The van der Waals surface area contributed by atoms with Gasteiger partial charge in [0.05, 0.1) is 23.6 Å². The second-order valence-corrected chi connectivity index (χ2v) is 6.83. The van der Waals surface area contributed by atoms with Crippen molar-refractivity contribution >= 4 is 5.91 Å². The summed E-state index contributed by atoms with van der Waals surface area (Å²) < 4.78 is 12.8. The van der Waals surface area contributed by atoms with Crippen molar-refractivity contribution in [3.05, 3.63) is 41.5 Å². The first kappa shape index (κ1) is 16.0. The van der Waals surface area contributed by atoms with Gasteiger partial charge >= 0.3 is 0 Å². The monoisotopic (exact) mass is 342 g/mol. The van der Waals surface area contributed by atoms with Crippen LogP contribution >= 0.6 is 0 Å². The summed E-state index contributed by atoms with van der Waals surface area (Å²) in [6.45, 7) is 2.43. The van der Waals surface area contributed by atoms with E-state index in [4.69, 9.17) is 9.47 Å². The molecular weight excluding hydrogens is 320 g/mol. The van der Waals surface area contributed by atoms with Crippen molar-refractivity contribution in [3.8, 4) is 11.5 Å². The number of nitrogens with zero attached hydrogens (tertiary/aromatic N) is 4. The summed E-state index contributed by atoms with van der Waals surface area (Å²) >= 11 is 0. The van der Waals surface area contributed by atoms with Crippen LogP contribution in [0.2, 0.25) is 0 Å². The van der Waals surface area contributed by atoms with Gasteiger partial charge in [0.15, 0.2) is 11.5 Å². The van der Waals surface area contributed by atoms with Crippen LogP contribution in [0.15, 0.2) is 24.5 Å². The minimum absolute atomic E-state index is 0.111. The fourth-order valence-electron chi connectivity index (χ4n) is 3.60. The average molecular weight is 342 g/mol. The minimum Gasteiger partial charge on any atom is -0.454 e. The number of fused-ring (bicyclic) bond motifs is 2. The summed E-state index contributed by atoms with van der Waals surface area (Å²) in [5.41, 5.74) is 3.15. The predicted octanol–water partition coefficient (Wildman–Crippen LogP) is 1.34. The van der Waals surface area contributed by atoms with E-state index in [1.54, 1.807) is 25.3 Å². The third-order valence-corrected chi connectivity index (χ3v) is 4.79. The number of benzene rings is 1. The number of aryl methyl sites for hydroxylation is 1. The van der Waals surface area contributed by atoms with Crippen LogP contribution in [-0.2, 0) is 24.9 Å². The van der Waals surface area contributed by atoms with Crippen LogP contribution in [0.5, 0.6) is 11.5 Å². The first-order valence-corrected chi connectivity index (χ1v) is 8.35. The fourth-order valence-corrected chi connectivity index (χ4v) is 3.60. The Hall–Kier alpha value is -2.54. The summed E-state index contributed by atoms with van der Waals surface area (Å²) in [6.07, 6.45) is 1.80. The lowest BCUT2D eigenvalue weighted by molar-refractivity contribution is -0.131. The topological polar surface area (TPSA) is 59.8 Å². The molecular formula is C18H22N4O3. The Labute approximate surface area is 146 Å². The number of ether oxygens (including phenoxy) is 2. The van der Waals surface area contributed by atoms with Crippen molar-refractivity contribution in [1.82, 2.24) is 19.4 Å². The number of hydrogen-bond donors (Lipinski definition) is 0. The van der Waals surface area contributed by atoms with Crippen LogP contribution in [-0.4, -0.2) is 52.7 Å². The lowest BCUT2D eigenvalue weighted by atomic mass is 9.96. The number of imidazole rings is 1. The normalized spacial score (nSPS) is 18.9. The van der Waals surface area contributed by atoms with Gasteiger partial charge in [0.2, 0.25) is 12.7 Å². The van der Waals surface area contributed by atoms with Gasteiger partial charge in [0.25, 0.3) is 0 Å². The maximum Gasteiger partial charge on any atom is 0.232 e. The number of rotatable bonds is 3. The Morgan fingerprint density at radius 1 is 1.32 bits per heavy atom. The van der Waals surface area contributed by atoms with E-state index < -0.39 is 0 Å². The maximum atomic E-state index is 12.7. The molecule has 25 heavy (non-hydrogen) atoms. The lowest BCUT2D eigenvalue weighted by Gasteiger charge is -2.33. The van der Waals surface area contributed by atoms with E-state index >= 15 is 0 Å². The molecule has 2 aliphatic heterocycles. The Morgan fingerprint density at radius 2 is 2.12 bits per heavy atom. The molecule has 0 radical (unpaired) electrons. The van der Waals surface area contributed by atoms with E-state index in [9.17, 15) is 4.79 Å². The standard InChI is InChI=1S/C18H22N4O3/c1-20(2)18(23)13-8-22(9-14-17(13)21(3)10-19-14)7-12-4-5-15-16(6-12)25-11-24-15/h4-6,10,13H,7-9,11H2,1-3H3. The zero-order chi connectivity index (χ0) is 17.6. The largest absolute Gasteiger partial charge is 0.454 e. The molecule has 0 saturated heterocycles. The average Bonchev–Trinajstić information content (AvgIpc) is 3.20. The van der Waals surface area contributed by atoms with Gasteiger partial charge in [0.1, 0.15) is 0 Å². The molecule has 1 aromatic carbocycles. The molecule has 1 amide bonds. The Balaban J connectivity index is 1.58. The predicted molar refractivity (Wildman–Crippen MR) is 91.3 cm³/mol. The number of amides is 1. The SMILES string of the molecule is CN(C)C(=O)C1CN(Cc2ccc3c(c2)OCO3)Cc2ncn(C)c21. The summed E-state index contributed by atoms with van der Waals surface area (Å²) in [7, 11) is 5.56. The maximum absolute atomic E-state index is 12.7. The van der Waals surface area contributed by atoms with Gasteiger partial charge in [0, 0.05) is 40.8 Å². The number of carbonyl (C=O) groups is 1. The fraction of sp³-hybridized carbons (Fsp3) is 0.444. The molecule has 0 N–H and O–H groups in total. The quantitative estimate of drug-likeness (QED) is 0.842. The van der Waals surface area contributed by atoms with Crippen molar-refractivity contribution in [2.24, 2.45) is 7.05 Å². The second-order valence-electron chi connectivity index (χ2n) is 6.83. The highest BCUT2D eigenvalue weighted by molar-refractivity contribution is 5.83. The van der Waals surface area contributed by atoms with Crippen LogP contribution in [0.25, 0.3) is 0 Å². The first-order valence-electron chi connectivity index (χ1n) is 8.35. The Kier molecular flexibility index (Phi) is 3.88. The highest BCUT2D eigenvalue weighted by Crippen LogP contribution is 2.34. The molecule has 3 heterocycles. The van der Waals surface area contributed by atoms with Gasteiger partial charge in [-0.2, -0.15) is 0 Å². The second kappa shape index (κ2) is 6.07. The van der Waals surface area contributed by atoms with Gasteiger partial charge in [-0.05, 0) is 17.7 Å². The van der Waals surface area contributed by atoms with Crippen molar-refractivity contribution < 1.29 is 14.3 Å². The molecule has 132 valence electrons. The smallest absolute Gasteiger partial charge is 0.232 e. The molecule has 1 unspecified atom stereocenters. The molecule has 0 saturated carbocycles. The molecule has 2 aromatic rings. The van der Waals surface area contributed by atoms with Crippen LogP contribution in [0, 0.1) is 0 Å². The molecule has 1 atom stereocenters. The van der Waals surface area contributed by atoms with E-state index in [0.717, 1.165) is 41.5 Å². The summed E-state index contributed by atoms with van der Waals surface area (Å²) in [5, 5.41) is 0. The molecule has 0 spiro atoms. The van der Waals surface area contributed by atoms with E-state index in [1.165, 1.54) is 0 Å². The van der Waals surface area contributed by atoms with Crippen molar-refractivity contribution in [2.75, 3.05) is 27.4 Å². The third-order valence-electron chi connectivity index (χ3n) is 4.79. The molecule has 2 aliphatic rings. The van der Waals surface area contributed by atoms with E-state index in [-0.39, 0.29) is 18.6 Å². The van der Waals surface area contributed by atoms with Gasteiger partial charge < -0.3 is 18.9 Å². The van der Waals surface area contributed by atoms with Crippen LogP contribution in [0.4, 0.5) is 0 Å². The number of carbonyl (C=O) groups excluding carboxylic acids is 1. The van der Waals surface area contributed by atoms with Gasteiger partial charge in [-0.1, -0.05) is 6.07 Å². The van der Waals surface area contributed by atoms with E-state index in [2.05, 4.69) is 9.88 Å². The summed E-state index contributed by atoms with van der Waals surface area (Å²) in [5.74, 6) is 1.49. The van der Waals surface area contributed by atoms with Crippen LogP contribution in [0.3, 0.4) is 0 Å². The zero-order valence-electron chi connectivity index (χ0n) is 14.7. The molecule has 7 heteroatoms. The lowest BCUT2D eigenvalue weighted by Crippen LogP contribution is -2.41. The summed E-state index contributed by atoms with van der Waals surface area (Å²) in [6, 6.07) is 6.00. The third kappa shape index (κ3) is 2.84. The van der Waals surface area contributed by atoms with Gasteiger partial charge in [-0.25, -0.2) is 4.98 Å². The first-order chi connectivity index (χ1) is 12.0. The minimum atomic E-state index is -0.194. The molecule has 1 aromatic heterocycles. The molecule has 4 rings (SSSR count). The zero-order valence-corrected chi connectivity index (χ0v) is 14.7. The summed E-state index contributed by atoms with van der Waals surface area (Å²) in [4.78, 5) is 21.1. The highest BCUT2D eigenvalue weighted by Gasteiger charge is 2.34. The number of aromatic nitrogens is 2. The van der Waals surface area contributed by atoms with Crippen molar-refractivity contribution in [3.63, 3.8) is 0 Å².